The quantitative estimate of drug-likeness (QED) is 0.582. The molecule has 0 spiro atoms. The molecular formula is C20H16FN5O2. The largest absolute Gasteiger partial charge is 0.420 e. The van der Waals surface area contributed by atoms with Gasteiger partial charge in [0.05, 0.1) is 22.8 Å². The number of pyridine rings is 1. The number of carbonyl (C=O) groups excluding carboxylic acids is 1. The normalized spacial score (nSPS) is 13.8. The zero-order chi connectivity index (χ0) is 19.3. The van der Waals surface area contributed by atoms with E-state index >= 15 is 0 Å². The summed E-state index contributed by atoms with van der Waals surface area (Å²) in [7, 11) is 0. The van der Waals surface area contributed by atoms with E-state index in [4.69, 9.17) is 4.42 Å². The third-order valence-corrected chi connectivity index (χ3v) is 4.83. The van der Waals surface area contributed by atoms with E-state index in [1.54, 1.807) is 17.6 Å². The Bertz CT molecular complexity index is 1210. The molecule has 0 aliphatic heterocycles. The van der Waals surface area contributed by atoms with Crippen molar-refractivity contribution >= 4 is 17.1 Å². The second-order valence-electron chi connectivity index (χ2n) is 6.91. The number of anilines is 1. The predicted octanol–water partition coefficient (Wildman–Crippen LogP) is 3.96. The van der Waals surface area contributed by atoms with Crippen molar-refractivity contribution in [2.45, 2.75) is 25.7 Å². The van der Waals surface area contributed by atoms with E-state index in [1.165, 1.54) is 18.3 Å². The third-order valence-electron chi connectivity index (χ3n) is 4.83. The fraction of sp³-hybridized carbons (Fsp3) is 0.200. The van der Waals surface area contributed by atoms with Gasteiger partial charge in [0.1, 0.15) is 5.82 Å². The lowest BCUT2D eigenvalue weighted by Gasteiger charge is -2.10. The number of amides is 1. The van der Waals surface area contributed by atoms with Crippen molar-refractivity contribution in [3.63, 3.8) is 0 Å². The highest BCUT2D eigenvalue weighted by Crippen LogP contribution is 2.40. The Balaban J connectivity index is 1.48. The van der Waals surface area contributed by atoms with Crippen LogP contribution in [-0.4, -0.2) is 25.7 Å². The Labute approximate surface area is 159 Å². The van der Waals surface area contributed by atoms with Gasteiger partial charge in [0.15, 0.2) is 0 Å². The van der Waals surface area contributed by atoms with Gasteiger partial charge in [-0.2, -0.15) is 5.10 Å². The molecule has 1 aliphatic rings. The molecule has 0 bridgehead atoms. The number of hydrogen-bond donors (Lipinski definition) is 1. The van der Waals surface area contributed by atoms with Crippen LogP contribution in [0.5, 0.6) is 0 Å². The van der Waals surface area contributed by atoms with Gasteiger partial charge < -0.3 is 9.73 Å². The fourth-order valence-electron chi connectivity index (χ4n) is 3.11. The van der Waals surface area contributed by atoms with Crippen LogP contribution in [0.1, 0.15) is 40.6 Å². The van der Waals surface area contributed by atoms with Crippen molar-refractivity contribution in [2.75, 3.05) is 5.32 Å². The molecule has 4 aromatic rings. The van der Waals surface area contributed by atoms with Crippen LogP contribution in [-0.2, 0) is 0 Å². The summed E-state index contributed by atoms with van der Waals surface area (Å²) in [5.41, 5.74) is 2.35. The fourth-order valence-corrected chi connectivity index (χ4v) is 3.11. The molecule has 1 amide bonds. The van der Waals surface area contributed by atoms with Crippen molar-refractivity contribution in [3.05, 3.63) is 65.6 Å². The van der Waals surface area contributed by atoms with Crippen molar-refractivity contribution in [2.24, 2.45) is 0 Å². The minimum Gasteiger partial charge on any atom is -0.420 e. The minimum absolute atomic E-state index is 0.117. The number of hydrogen-bond acceptors (Lipinski definition) is 5. The van der Waals surface area contributed by atoms with Crippen LogP contribution in [0.3, 0.4) is 0 Å². The molecule has 1 N–H and O–H groups in total. The summed E-state index contributed by atoms with van der Waals surface area (Å²) < 4.78 is 21.7. The van der Waals surface area contributed by atoms with E-state index < -0.39 is 5.82 Å². The van der Waals surface area contributed by atoms with Crippen LogP contribution >= 0.6 is 0 Å². The molecule has 0 radical (unpaired) electrons. The average Bonchev–Trinajstić information content (AvgIpc) is 3.26. The Morgan fingerprint density at radius 2 is 2.14 bits per heavy atom. The Morgan fingerprint density at radius 1 is 1.29 bits per heavy atom. The summed E-state index contributed by atoms with van der Waals surface area (Å²) in [4.78, 5) is 12.8. The first-order chi connectivity index (χ1) is 13.6. The topological polar surface area (TPSA) is 85.3 Å². The highest BCUT2D eigenvalue weighted by Gasteiger charge is 2.30. The monoisotopic (exact) mass is 377 g/mol. The lowest BCUT2D eigenvalue weighted by atomic mass is 10.1. The van der Waals surface area contributed by atoms with E-state index in [0.29, 0.717) is 28.2 Å². The van der Waals surface area contributed by atoms with Gasteiger partial charge in [-0.25, -0.2) is 8.91 Å². The second kappa shape index (κ2) is 6.26. The molecule has 5 rings (SSSR count). The molecule has 3 aromatic heterocycles. The second-order valence-corrected chi connectivity index (χ2v) is 6.91. The number of nitrogens with one attached hydrogen (secondary N) is 1. The highest BCUT2D eigenvalue weighted by molar-refractivity contribution is 6.09. The molecular weight excluding hydrogens is 361 g/mol. The molecule has 1 fully saturated rings. The maximum Gasteiger partial charge on any atom is 0.259 e. The minimum atomic E-state index is -0.475. The molecule has 1 saturated carbocycles. The summed E-state index contributed by atoms with van der Waals surface area (Å²) in [5.74, 6) is 0.130. The third kappa shape index (κ3) is 2.83. The average molecular weight is 377 g/mol. The first kappa shape index (κ1) is 16.6. The standard InChI is InChI=1S/C20H16FN5O2/c1-11-8-15(21)13(20-25-24-19(28-20)12-5-6-12)9-16(11)23-18(27)14-10-22-26-7-3-2-4-17(14)26/h2-4,7-10,12H,5-6H2,1H3,(H,23,27). The van der Waals surface area contributed by atoms with Crippen LogP contribution in [0.25, 0.3) is 17.0 Å². The van der Waals surface area contributed by atoms with Gasteiger partial charge >= 0.3 is 0 Å². The van der Waals surface area contributed by atoms with E-state index in [9.17, 15) is 9.18 Å². The maximum atomic E-state index is 14.5. The molecule has 1 aliphatic carbocycles. The van der Waals surface area contributed by atoms with Gasteiger partial charge in [-0.3, -0.25) is 4.79 Å². The smallest absolute Gasteiger partial charge is 0.259 e. The SMILES string of the molecule is Cc1cc(F)c(-c2nnc(C3CC3)o2)cc1NC(=O)c1cnn2ccccc12. The van der Waals surface area contributed by atoms with Crippen LogP contribution in [0.15, 0.2) is 47.1 Å². The van der Waals surface area contributed by atoms with E-state index in [-0.39, 0.29) is 23.3 Å². The summed E-state index contributed by atoms with van der Waals surface area (Å²) in [6.45, 7) is 1.72. The summed E-state index contributed by atoms with van der Waals surface area (Å²) >= 11 is 0. The van der Waals surface area contributed by atoms with Crippen LogP contribution in [0, 0.1) is 12.7 Å². The van der Waals surface area contributed by atoms with Crippen molar-refractivity contribution in [1.29, 1.82) is 0 Å². The van der Waals surface area contributed by atoms with E-state index in [0.717, 1.165) is 12.8 Å². The number of halogens is 1. The van der Waals surface area contributed by atoms with Gasteiger partial charge in [-0.05, 0) is 49.6 Å². The number of rotatable bonds is 4. The number of benzene rings is 1. The highest BCUT2D eigenvalue weighted by atomic mass is 19.1. The summed E-state index contributed by atoms with van der Waals surface area (Å²) in [6.07, 6.45) is 5.29. The molecule has 3 heterocycles. The molecule has 0 saturated heterocycles. The number of aromatic nitrogens is 4. The van der Waals surface area contributed by atoms with Crippen LogP contribution in [0.2, 0.25) is 0 Å². The number of aryl methyl sites for hydroxylation is 1. The molecule has 28 heavy (non-hydrogen) atoms. The number of nitrogens with zero attached hydrogens (tertiary/aromatic N) is 4. The molecule has 0 unspecified atom stereocenters. The molecule has 140 valence electrons. The molecule has 1 aromatic carbocycles. The Morgan fingerprint density at radius 3 is 2.96 bits per heavy atom. The van der Waals surface area contributed by atoms with E-state index in [2.05, 4.69) is 20.6 Å². The van der Waals surface area contributed by atoms with Gasteiger partial charge in [0, 0.05) is 17.8 Å². The zero-order valence-electron chi connectivity index (χ0n) is 15.0. The van der Waals surface area contributed by atoms with Crippen molar-refractivity contribution in [3.8, 4) is 11.5 Å². The Kier molecular flexibility index (Phi) is 3.71. The van der Waals surface area contributed by atoms with Crippen molar-refractivity contribution in [1.82, 2.24) is 19.8 Å². The molecule has 8 heteroatoms. The lowest BCUT2D eigenvalue weighted by Crippen LogP contribution is -2.13. The first-order valence-corrected chi connectivity index (χ1v) is 8.98. The maximum absolute atomic E-state index is 14.5. The van der Waals surface area contributed by atoms with Gasteiger partial charge in [-0.15, -0.1) is 10.2 Å². The summed E-state index contributed by atoms with van der Waals surface area (Å²) in [5, 5.41) is 15.0. The predicted molar refractivity (Wildman–Crippen MR) is 99.5 cm³/mol. The zero-order valence-corrected chi connectivity index (χ0v) is 15.0. The van der Waals surface area contributed by atoms with Crippen LogP contribution < -0.4 is 5.32 Å². The first-order valence-electron chi connectivity index (χ1n) is 8.98. The van der Waals surface area contributed by atoms with Gasteiger partial charge in [0.25, 0.3) is 11.8 Å². The Hall–Kier alpha value is -3.55. The molecule has 7 nitrogen and oxygen atoms in total. The summed E-state index contributed by atoms with van der Waals surface area (Å²) in [6, 6.07) is 8.35. The number of fused-ring (bicyclic) bond motifs is 1. The lowest BCUT2D eigenvalue weighted by molar-refractivity contribution is 0.102. The van der Waals surface area contributed by atoms with Crippen LogP contribution in [0.4, 0.5) is 10.1 Å². The number of carbonyl (C=O) groups is 1. The van der Waals surface area contributed by atoms with Crippen molar-refractivity contribution < 1.29 is 13.6 Å². The molecule has 0 atom stereocenters. The van der Waals surface area contributed by atoms with E-state index in [1.807, 2.05) is 18.2 Å². The van der Waals surface area contributed by atoms with Gasteiger partial charge in [0.2, 0.25) is 5.89 Å². The van der Waals surface area contributed by atoms with Gasteiger partial charge in [-0.1, -0.05) is 6.07 Å².